The lowest BCUT2D eigenvalue weighted by atomic mass is 10.1. The second kappa shape index (κ2) is 8.98. The summed E-state index contributed by atoms with van der Waals surface area (Å²) in [6.45, 7) is 7.73. The SMILES string of the molecule is CCN(CC)Cc1ccccc1CNC(=O)c1ccc2nc(Cl)ccc2c1. The maximum atomic E-state index is 12.6. The Labute approximate surface area is 165 Å². The number of amides is 1. The highest BCUT2D eigenvalue weighted by Crippen LogP contribution is 2.17. The molecule has 0 spiro atoms. The average Bonchev–Trinajstić information content (AvgIpc) is 2.70. The average molecular weight is 382 g/mol. The summed E-state index contributed by atoms with van der Waals surface area (Å²) in [4.78, 5) is 19.2. The van der Waals surface area contributed by atoms with Crippen LogP contribution in [0.5, 0.6) is 0 Å². The summed E-state index contributed by atoms with van der Waals surface area (Å²) in [7, 11) is 0. The molecule has 1 amide bonds. The van der Waals surface area contributed by atoms with Crippen LogP contribution in [0.2, 0.25) is 5.15 Å². The van der Waals surface area contributed by atoms with Crippen molar-refractivity contribution in [1.82, 2.24) is 15.2 Å². The Morgan fingerprint density at radius 3 is 2.52 bits per heavy atom. The summed E-state index contributed by atoms with van der Waals surface area (Å²) in [5.74, 6) is -0.0931. The first-order chi connectivity index (χ1) is 13.1. The lowest BCUT2D eigenvalue weighted by molar-refractivity contribution is 0.0951. The number of rotatable bonds is 7. The van der Waals surface area contributed by atoms with Crippen molar-refractivity contribution in [2.24, 2.45) is 0 Å². The van der Waals surface area contributed by atoms with Crippen molar-refractivity contribution in [2.75, 3.05) is 13.1 Å². The zero-order valence-corrected chi connectivity index (χ0v) is 16.5. The summed E-state index contributed by atoms with van der Waals surface area (Å²) in [6, 6.07) is 17.3. The van der Waals surface area contributed by atoms with E-state index in [2.05, 4.69) is 41.2 Å². The first kappa shape index (κ1) is 19.3. The Bertz CT molecular complexity index is 938. The third kappa shape index (κ3) is 4.85. The minimum Gasteiger partial charge on any atom is -0.348 e. The molecule has 0 unspecified atom stereocenters. The van der Waals surface area contributed by atoms with Gasteiger partial charge in [0.05, 0.1) is 5.52 Å². The van der Waals surface area contributed by atoms with Crippen molar-refractivity contribution in [3.05, 3.63) is 76.4 Å². The van der Waals surface area contributed by atoms with E-state index < -0.39 is 0 Å². The molecule has 3 aromatic rings. The van der Waals surface area contributed by atoms with Gasteiger partial charge >= 0.3 is 0 Å². The maximum absolute atomic E-state index is 12.6. The molecule has 0 aliphatic carbocycles. The molecule has 0 aliphatic rings. The van der Waals surface area contributed by atoms with E-state index in [1.807, 2.05) is 30.3 Å². The summed E-state index contributed by atoms with van der Waals surface area (Å²) >= 11 is 5.92. The van der Waals surface area contributed by atoms with E-state index in [1.165, 1.54) is 5.56 Å². The second-order valence-corrected chi connectivity index (χ2v) is 6.84. The quantitative estimate of drug-likeness (QED) is 0.605. The number of carbonyl (C=O) groups excluding carboxylic acids is 1. The van der Waals surface area contributed by atoms with Gasteiger partial charge in [0.1, 0.15) is 5.15 Å². The highest BCUT2D eigenvalue weighted by Gasteiger charge is 2.10. The molecule has 5 heteroatoms. The van der Waals surface area contributed by atoms with Crippen LogP contribution in [0.15, 0.2) is 54.6 Å². The zero-order valence-electron chi connectivity index (χ0n) is 15.7. The molecule has 27 heavy (non-hydrogen) atoms. The van der Waals surface area contributed by atoms with Gasteiger partial charge in [0.25, 0.3) is 5.91 Å². The number of halogens is 1. The Balaban J connectivity index is 1.71. The van der Waals surface area contributed by atoms with Crippen molar-refractivity contribution in [3.8, 4) is 0 Å². The third-order valence-electron chi connectivity index (χ3n) is 4.76. The molecule has 0 saturated carbocycles. The number of hydrogen-bond donors (Lipinski definition) is 1. The van der Waals surface area contributed by atoms with Gasteiger partial charge in [-0.1, -0.05) is 49.7 Å². The van der Waals surface area contributed by atoms with Gasteiger partial charge in [-0.3, -0.25) is 9.69 Å². The van der Waals surface area contributed by atoms with Crippen molar-refractivity contribution in [2.45, 2.75) is 26.9 Å². The smallest absolute Gasteiger partial charge is 0.251 e. The van der Waals surface area contributed by atoms with Crippen molar-refractivity contribution >= 4 is 28.4 Å². The van der Waals surface area contributed by atoms with Gasteiger partial charge in [0, 0.05) is 24.0 Å². The monoisotopic (exact) mass is 381 g/mol. The molecule has 0 radical (unpaired) electrons. The number of nitrogens with zero attached hydrogens (tertiary/aromatic N) is 2. The predicted octanol–water partition coefficient (Wildman–Crippen LogP) is 4.66. The standard InChI is InChI=1S/C22H24ClN3O/c1-3-26(4-2)15-19-8-6-5-7-18(19)14-24-22(27)17-9-11-20-16(13-17)10-12-21(23)25-20/h5-13H,3-4,14-15H2,1-2H3,(H,24,27). The number of carbonyl (C=O) groups is 1. The van der Waals surface area contributed by atoms with E-state index in [-0.39, 0.29) is 5.91 Å². The summed E-state index contributed by atoms with van der Waals surface area (Å²) < 4.78 is 0. The fourth-order valence-electron chi connectivity index (χ4n) is 3.09. The van der Waals surface area contributed by atoms with Crippen LogP contribution in [-0.2, 0) is 13.1 Å². The number of nitrogens with one attached hydrogen (secondary N) is 1. The van der Waals surface area contributed by atoms with E-state index >= 15 is 0 Å². The lowest BCUT2D eigenvalue weighted by Gasteiger charge is -2.20. The lowest BCUT2D eigenvalue weighted by Crippen LogP contribution is -2.26. The van der Waals surface area contributed by atoms with Gasteiger partial charge in [0.15, 0.2) is 0 Å². The number of fused-ring (bicyclic) bond motifs is 1. The van der Waals surface area contributed by atoms with Gasteiger partial charge < -0.3 is 5.32 Å². The molecule has 4 nitrogen and oxygen atoms in total. The Morgan fingerprint density at radius 1 is 1.04 bits per heavy atom. The van der Waals surface area contributed by atoms with Gasteiger partial charge in [-0.25, -0.2) is 4.98 Å². The van der Waals surface area contributed by atoms with Crippen LogP contribution in [0.1, 0.15) is 35.3 Å². The summed E-state index contributed by atoms with van der Waals surface area (Å²) in [5, 5.41) is 4.38. The van der Waals surface area contributed by atoms with Crippen LogP contribution in [0, 0.1) is 0 Å². The highest BCUT2D eigenvalue weighted by atomic mass is 35.5. The van der Waals surface area contributed by atoms with Gasteiger partial charge in [-0.05, 0) is 54.5 Å². The molecule has 1 aromatic heterocycles. The first-order valence-electron chi connectivity index (χ1n) is 9.24. The fourth-order valence-corrected chi connectivity index (χ4v) is 3.25. The van der Waals surface area contributed by atoms with Gasteiger partial charge in [-0.2, -0.15) is 0 Å². The molecule has 0 saturated heterocycles. The van der Waals surface area contributed by atoms with Crippen LogP contribution < -0.4 is 5.32 Å². The van der Waals surface area contributed by atoms with E-state index in [1.54, 1.807) is 12.1 Å². The zero-order chi connectivity index (χ0) is 19.2. The molecule has 1 heterocycles. The van der Waals surface area contributed by atoms with Gasteiger partial charge in [-0.15, -0.1) is 0 Å². The first-order valence-corrected chi connectivity index (χ1v) is 9.62. The number of pyridine rings is 1. The second-order valence-electron chi connectivity index (χ2n) is 6.45. The fraction of sp³-hybridized carbons (Fsp3) is 0.273. The molecular weight excluding hydrogens is 358 g/mol. The van der Waals surface area contributed by atoms with E-state index in [9.17, 15) is 4.79 Å². The van der Waals surface area contributed by atoms with Crippen molar-refractivity contribution in [1.29, 1.82) is 0 Å². The van der Waals surface area contributed by atoms with Crippen LogP contribution in [0.4, 0.5) is 0 Å². The minimum absolute atomic E-state index is 0.0931. The Kier molecular flexibility index (Phi) is 6.43. The topological polar surface area (TPSA) is 45.2 Å². The largest absolute Gasteiger partial charge is 0.348 e. The normalized spacial score (nSPS) is 11.1. The van der Waals surface area contributed by atoms with Crippen molar-refractivity contribution < 1.29 is 4.79 Å². The molecule has 2 aromatic carbocycles. The van der Waals surface area contributed by atoms with E-state index in [4.69, 9.17) is 11.6 Å². The Morgan fingerprint density at radius 2 is 1.78 bits per heavy atom. The Hall–Kier alpha value is -2.43. The molecular formula is C22H24ClN3O. The molecule has 0 aliphatic heterocycles. The van der Waals surface area contributed by atoms with Crippen LogP contribution in [0.3, 0.4) is 0 Å². The van der Waals surface area contributed by atoms with E-state index in [0.29, 0.717) is 17.3 Å². The van der Waals surface area contributed by atoms with E-state index in [0.717, 1.165) is 36.1 Å². The predicted molar refractivity (Wildman–Crippen MR) is 111 cm³/mol. The highest BCUT2D eigenvalue weighted by molar-refractivity contribution is 6.29. The third-order valence-corrected chi connectivity index (χ3v) is 4.97. The van der Waals surface area contributed by atoms with Gasteiger partial charge in [0.2, 0.25) is 0 Å². The molecule has 0 fully saturated rings. The molecule has 1 N–H and O–H groups in total. The molecule has 0 bridgehead atoms. The molecule has 3 rings (SSSR count). The minimum atomic E-state index is -0.0931. The summed E-state index contributed by atoms with van der Waals surface area (Å²) in [5.41, 5.74) is 3.79. The number of aromatic nitrogens is 1. The maximum Gasteiger partial charge on any atom is 0.251 e. The number of benzene rings is 2. The van der Waals surface area contributed by atoms with Crippen LogP contribution in [-0.4, -0.2) is 28.9 Å². The molecule has 0 atom stereocenters. The van der Waals surface area contributed by atoms with Crippen LogP contribution >= 0.6 is 11.6 Å². The van der Waals surface area contributed by atoms with Crippen molar-refractivity contribution in [3.63, 3.8) is 0 Å². The molecule has 140 valence electrons. The summed E-state index contributed by atoms with van der Waals surface area (Å²) in [6.07, 6.45) is 0. The van der Waals surface area contributed by atoms with Crippen LogP contribution in [0.25, 0.3) is 10.9 Å². The number of hydrogen-bond acceptors (Lipinski definition) is 3.